The van der Waals surface area contributed by atoms with Crippen molar-refractivity contribution in [1.82, 2.24) is 10.6 Å². The molecular weight excluding hydrogens is 443 g/mol. The summed E-state index contributed by atoms with van der Waals surface area (Å²) >= 11 is 0. The zero-order chi connectivity index (χ0) is 17.9. The Hall–Kier alpha value is -1.06. The van der Waals surface area contributed by atoms with E-state index in [0.717, 1.165) is 32.0 Å². The summed E-state index contributed by atoms with van der Waals surface area (Å²) in [6.07, 6.45) is 1.11. The van der Waals surface area contributed by atoms with Gasteiger partial charge in [-0.25, -0.2) is 0 Å². The van der Waals surface area contributed by atoms with Gasteiger partial charge in [-0.2, -0.15) is 0 Å². The minimum atomic E-state index is 0. The highest BCUT2D eigenvalue weighted by atomic mass is 127. The lowest BCUT2D eigenvalue weighted by Crippen LogP contribution is -2.44. The molecule has 0 bridgehead atoms. The average molecular weight is 476 g/mol. The highest BCUT2D eigenvalue weighted by molar-refractivity contribution is 14.0. The van der Waals surface area contributed by atoms with Crippen molar-refractivity contribution < 1.29 is 9.47 Å². The lowest BCUT2D eigenvalue weighted by molar-refractivity contribution is 0.0748. The Kier molecular flexibility index (Phi) is 11.6. The Morgan fingerprint density at radius 3 is 2.69 bits per heavy atom. The number of halogens is 1. The molecule has 1 aliphatic rings. The number of anilines is 1. The van der Waals surface area contributed by atoms with E-state index in [1.165, 1.54) is 11.3 Å². The van der Waals surface area contributed by atoms with Crippen molar-refractivity contribution in [2.24, 2.45) is 4.99 Å². The first-order valence-corrected chi connectivity index (χ1v) is 9.16. The molecule has 2 rings (SSSR count). The maximum Gasteiger partial charge on any atom is 0.191 e. The van der Waals surface area contributed by atoms with Crippen LogP contribution in [0.5, 0.6) is 0 Å². The van der Waals surface area contributed by atoms with Crippen molar-refractivity contribution in [2.75, 3.05) is 58.0 Å². The van der Waals surface area contributed by atoms with E-state index in [4.69, 9.17) is 9.47 Å². The lowest BCUT2D eigenvalue weighted by Gasteiger charge is -2.20. The molecule has 1 aromatic rings. The molecule has 1 unspecified atom stereocenters. The second-order valence-corrected chi connectivity index (χ2v) is 6.28. The predicted octanol–water partition coefficient (Wildman–Crippen LogP) is 2.41. The largest absolute Gasteiger partial charge is 0.382 e. The zero-order valence-electron chi connectivity index (χ0n) is 16.2. The number of hydrogen-bond donors (Lipinski definition) is 2. The van der Waals surface area contributed by atoms with Gasteiger partial charge in [-0.1, -0.05) is 17.7 Å². The molecule has 1 fully saturated rings. The zero-order valence-corrected chi connectivity index (χ0v) is 18.5. The van der Waals surface area contributed by atoms with E-state index in [1.54, 1.807) is 7.11 Å². The molecule has 26 heavy (non-hydrogen) atoms. The number of hydrogen-bond acceptors (Lipinski definition) is 4. The SMILES string of the molecule is CCNC(=NCCOCCOC)NC1CCN(c2ccc(C)cc2)C1.I. The van der Waals surface area contributed by atoms with Crippen LogP contribution in [0.3, 0.4) is 0 Å². The molecule has 1 aliphatic heterocycles. The van der Waals surface area contributed by atoms with E-state index in [9.17, 15) is 0 Å². The summed E-state index contributed by atoms with van der Waals surface area (Å²) in [6, 6.07) is 9.16. The number of methoxy groups -OCH3 is 1. The maximum absolute atomic E-state index is 5.46. The van der Waals surface area contributed by atoms with E-state index in [-0.39, 0.29) is 24.0 Å². The summed E-state index contributed by atoms with van der Waals surface area (Å²) < 4.78 is 10.4. The van der Waals surface area contributed by atoms with Crippen LogP contribution < -0.4 is 15.5 Å². The molecule has 1 aromatic carbocycles. The van der Waals surface area contributed by atoms with Crippen molar-refractivity contribution in [3.05, 3.63) is 29.8 Å². The Bertz CT molecular complexity index is 525. The molecule has 148 valence electrons. The van der Waals surface area contributed by atoms with E-state index in [0.29, 0.717) is 32.4 Å². The standard InChI is InChI=1S/C19H32N4O2.HI/c1-4-20-19(21-10-12-25-14-13-24-3)22-17-9-11-23(15-17)18-7-5-16(2)6-8-18;/h5-8,17H,4,9-15H2,1-3H3,(H2,20,21,22);1H. The van der Waals surface area contributed by atoms with Gasteiger partial charge in [-0.15, -0.1) is 24.0 Å². The number of aryl methyl sites for hydroxylation is 1. The van der Waals surface area contributed by atoms with E-state index in [1.807, 2.05) is 0 Å². The Labute approximate surface area is 174 Å². The topological polar surface area (TPSA) is 58.1 Å². The number of rotatable bonds is 9. The van der Waals surface area contributed by atoms with E-state index < -0.39 is 0 Å². The van der Waals surface area contributed by atoms with Crippen LogP contribution in [0, 0.1) is 6.92 Å². The average Bonchev–Trinajstić information content (AvgIpc) is 3.07. The van der Waals surface area contributed by atoms with Crippen LogP contribution in [0.1, 0.15) is 18.9 Å². The molecule has 0 saturated carbocycles. The van der Waals surface area contributed by atoms with Gasteiger partial charge in [-0.05, 0) is 32.4 Å². The highest BCUT2D eigenvalue weighted by Gasteiger charge is 2.23. The lowest BCUT2D eigenvalue weighted by atomic mass is 10.2. The number of ether oxygens (including phenoxy) is 2. The van der Waals surface area contributed by atoms with Crippen molar-refractivity contribution in [2.45, 2.75) is 26.3 Å². The van der Waals surface area contributed by atoms with Crippen LogP contribution in [0.2, 0.25) is 0 Å². The van der Waals surface area contributed by atoms with Gasteiger partial charge in [0.05, 0.1) is 26.4 Å². The van der Waals surface area contributed by atoms with E-state index in [2.05, 4.69) is 58.6 Å². The molecule has 6 nitrogen and oxygen atoms in total. The molecular formula is C19H33IN4O2. The maximum atomic E-state index is 5.46. The third-order valence-electron chi connectivity index (χ3n) is 4.21. The van der Waals surface area contributed by atoms with Crippen LogP contribution in [-0.4, -0.2) is 65.1 Å². The minimum Gasteiger partial charge on any atom is -0.382 e. The first-order chi connectivity index (χ1) is 12.2. The number of nitrogens with zero attached hydrogens (tertiary/aromatic N) is 2. The van der Waals surface area contributed by atoms with Crippen LogP contribution in [-0.2, 0) is 9.47 Å². The number of aliphatic imine (C=N–C) groups is 1. The molecule has 0 aromatic heterocycles. The Balaban J connectivity index is 0.00000338. The predicted molar refractivity (Wildman–Crippen MR) is 119 cm³/mol. The summed E-state index contributed by atoms with van der Waals surface area (Å²) in [6.45, 7) is 9.62. The molecule has 7 heteroatoms. The van der Waals surface area contributed by atoms with Crippen molar-refractivity contribution in [1.29, 1.82) is 0 Å². The summed E-state index contributed by atoms with van der Waals surface area (Å²) in [4.78, 5) is 7.02. The third-order valence-corrected chi connectivity index (χ3v) is 4.21. The summed E-state index contributed by atoms with van der Waals surface area (Å²) in [5.74, 6) is 0.869. The molecule has 0 radical (unpaired) electrons. The summed E-state index contributed by atoms with van der Waals surface area (Å²) in [5, 5.41) is 6.86. The fourth-order valence-electron chi connectivity index (χ4n) is 2.85. The van der Waals surface area contributed by atoms with Crippen LogP contribution in [0.25, 0.3) is 0 Å². The van der Waals surface area contributed by atoms with Gasteiger partial charge in [0.2, 0.25) is 0 Å². The van der Waals surface area contributed by atoms with Crippen molar-refractivity contribution in [3.63, 3.8) is 0 Å². The van der Waals surface area contributed by atoms with E-state index >= 15 is 0 Å². The van der Waals surface area contributed by atoms with Gasteiger partial charge in [0.1, 0.15) is 0 Å². The second kappa shape index (κ2) is 13.2. The highest BCUT2D eigenvalue weighted by Crippen LogP contribution is 2.20. The van der Waals surface area contributed by atoms with Crippen molar-refractivity contribution >= 4 is 35.6 Å². The van der Waals surface area contributed by atoms with Gasteiger partial charge in [0, 0.05) is 38.5 Å². The summed E-state index contributed by atoms with van der Waals surface area (Å²) in [7, 11) is 1.68. The molecule has 1 saturated heterocycles. The van der Waals surface area contributed by atoms with Gasteiger partial charge in [-0.3, -0.25) is 4.99 Å². The minimum absolute atomic E-state index is 0. The number of benzene rings is 1. The van der Waals surface area contributed by atoms with Crippen molar-refractivity contribution in [3.8, 4) is 0 Å². The fourth-order valence-corrected chi connectivity index (χ4v) is 2.85. The first kappa shape index (κ1) is 23.0. The van der Waals surface area contributed by atoms with Crippen LogP contribution >= 0.6 is 24.0 Å². The van der Waals surface area contributed by atoms with Gasteiger partial charge in [0.15, 0.2) is 5.96 Å². The second-order valence-electron chi connectivity index (χ2n) is 6.28. The molecule has 1 heterocycles. The smallest absolute Gasteiger partial charge is 0.191 e. The first-order valence-electron chi connectivity index (χ1n) is 9.16. The van der Waals surface area contributed by atoms with Gasteiger partial charge < -0.3 is 25.0 Å². The molecule has 0 aliphatic carbocycles. The Morgan fingerprint density at radius 2 is 2.00 bits per heavy atom. The normalized spacial score (nSPS) is 17.1. The molecule has 0 amide bonds. The van der Waals surface area contributed by atoms with Gasteiger partial charge in [0.25, 0.3) is 0 Å². The number of guanidine groups is 1. The quantitative estimate of drug-likeness (QED) is 0.248. The van der Waals surface area contributed by atoms with Crippen LogP contribution in [0.15, 0.2) is 29.3 Å². The molecule has 0 spiro atoms. The Morgan fingerprint density at radius 1 is 1.23 bits per heavy atom. The third kappa shape index (κ3) is 8.09. The fraction of sp³-hybridized carbons (Fsp3) is 0.632. The van der Waals surface area contributed by atoms with Crippen LogP contribution in [0.4, 0.5) is 5.69 Å². The summed E-state index contributed by atoms with van der Waals surface area (Å²) in [5.41, 5.74) is 2.59. The monoisotopic (exact) mass is 476 g/mol. The number of nitrogens with one attached hydrogen (secondary N) is 2. The molecule has 1 atom stereocenters. The molecule has 2 N–H and O–H groups in total. The van der Waals surface area contributed by atoms with Gasteiger partial charge >= 0.3 is 0 Å².